The minimum absolute atomic E-state index is 0.327. The van der Waals surface area contributed by atoms with Crippen LogP contribution in [0.15, 0.2) is 30.5 Å². The molecule has 0 aliphatic heterocycles. The van der Waals surface area contributed by atoms with Gasteiger partial charge in [0.2, 0.25) is 0 Å². The van der Waals surface area contributed by atoms with E-state index in [9.17, 15) is 4.79 Å². The van der Waals surface area contributed by atoms with E-state index < -0.39 is 0 Å². The number of hydrogen-bond donors (Lipinski definition) is 2. The fraction of sp³-hybridized carbons (Fsp3) is 0.400. The van der Waals surface area contributed by atoms with Crippen LogP contribution in [-0.4, -0.2) is 16.5 Å². The summed E-state index contributed by atoms with van der Waals surface area (Å²) in [6, 6.07) is 8.71. The van der Waals surface area contributed by atoms with Crippen molar-refractivity contribution in [1.29, 1.82) is 0 Å². The first-order valence-corrected chi connectivity index (χ1v) is 6.82. The lowest BCUT2D eigenvalue weighted by molar-refractivity contribution is 0.100. The van der Waals surface area contributed by atoms with Gasteiger partial charge in [-0.3, -0.25) is 4.79 Å². The van der Waals surface area contributed by atoms with E-state index in [-0.39, 0.29) is 5.91 Å². The van der Waals surface area contributed by atoms with Gasteiger partial charge >= 0.3 is 0 Å². The monoisotopic (exact) mass is 257 g/mol. The van der Waals surface area contributed by atoms with E-state index in [2.05, 4.69) is 10.6 Å². The highest BCUT2D eigenvalue weighted by Gasteiger charge is 2.22. The molecule has 1 fully saturated rings. The largest absolute Gasteiger partial charge is 0.366 e. The van der Waals surface area contributed by atoms with Crippen LogP contribution >= 0.6 is 0 Å². The molecule has 19 heavy (non-hydrogen) atoms. The highest BCUT2D eigenvalue weighted by atomic mass is 16.1. The molecule has 0 bridgehead atoms. The predicted molar refractivity (Wildman–Crippen MR) is 75.9 cm³/mol. The van der Waals surface area contributed by atoms with Gasteiger partial charge in [0.25, 0.3) is 5.91 Å². The van der Waals surface area contributed by atoms with E-state index in [0.717, 1.165) is 36.6 Å². The molecule has 1 amide bonds. The Morgan fingerprint density at radius 1 is 1.16 bits per heavy atom. The summed E-state index contributed by atoms with van der Waals surface area (Å²) < 4.78 is 2.21. The van der Waals surface area contributed by atoms with Crippen molar-refractivity contribution in [3.63, 3.8) is 0 Å². The second-order valence-corrected chi connectivity index (χ2v) is 5.40. The van der Waals surface area contributed by atoms with Crippen LogP contribution in [0, 0.1) is 0 Å². The van der Waals surface area contributed by atoms with E-state index in [1.165, 1.54) is 0 Å². The van der Waals surface area contributed by atoms with Crippen LogP contribution in [0.4, 0.5) is 0 Å². The molecule has 1 heterocycles. The van der Waals surface area contributed by atoms with Gasteiger partial charge in [-0.15, -0.1) is 0 Å². The average Bonchev–Trinajstić information content (AvgIpc) is 2.79. The molecule has 0 atom stereocenters. The summed E-state index contributed by atoms with van der Waals surface area (Å²) in [5, 5.41) is 0.949. The quantitative estimate of drug-likeness (QED) is 0.865. The van der Waals surface area contributed by atoms with Crippen LogP contribution in [0.3, 0.4) is 0 Å². The summed E-state index contributed by atoms with van der Waals surface area (Å²) in [5.74, 6) is -0.359. The SMILES string of the molecule is NC(=O)c1cn(C2CCC(N)CC2)c2ccccc12. The number of aromatic nitrogens is 1. The second kappa shape index (κ2) is 4.70. The van der Waals surface area contributed by atoms with Crippen molar-refractivity contribution in [2.45, 2.75) is 37.8 Å². The third kappa shape index (κ3) is 2.12. The zero-order chi connectivity index (χ0) is 13.4. The van der Waals surface area contributed by atoms with Crippen LogP contribution in [-0.2, 0) is 0 Å². The minimum Gasteiger partial charge on any atom is -0.366 e. The molecule has 1 aliphatic rings. The summed E-state index contributed by atoms with van der Waals surface area (Å²) in [4.78, 5) is 11.6. The van der Waals surface area contributed by atoms with Crippen LogP contribution in [0.2, 0.25) is 0 Å². The number of rotatable bonds is 2. The Kier molecular flexibility index (Phi) is 3.03. The van der Waals surface area contributed by atoms with Gasteiger partial charge < -0.3 is 16.0 Å². The Bertz CT molecular complexity index is 609. The summed E-state index contributed by atoms with van der Waals surface area (Å²) in [7, 11) is 0. The lowest BCUT2D eigenvalue weighted by Gasteiger charge is -2.28. The van der Waals surface area contributed by atoms with E-state index in [4.69, 9.17) is 11.5 Å². The van der Waals surface area contributed by atoms with E-state index in [1.807, 2.05) is 24.4 Å². The summed E-state index contributed by atoms with van der Waals surface area (Å²) in [5.41, 5.74) is 13.1. The van der Waals surface area contributed by atoms with Gasteiger partial charge in [-0.05, 0) is 31.7 Å². The van der Waals surface area contributed by atoms with Gasteiger partial charge in [0.15, 0.2) is 0 Å². The Balaban J connectivity index is 2.06. The topological polar surface area (TPSA) is 74.0 Å². The first-order valence-electron chi connectivity index (χ1n) is 6.82. The first-order chi connectivity index (χ1) is 9.16. The normalized spacial score (nSPS) is 23.6. The van der Waals surface area contributed by atoms with Crippen molar-refractivity contribution in [1.82, 2.24) is 4.57 Å². The molecular weight excluding hydrogens is 238 g/mol. The molecule has 1 saturated carbocycles. The highest BCUT2D eigenvalue weighted by Crippen LogP contribution is 2.32. The summed E-state index contributed by atoms with van der Waals surface area (Å²) in [6.45, 7) is 0. The van der Waals surface area contributed by atoms with Crippen LogP contribution in [0.5, 0.6) is 0 Å². The molecule has 0 unspecified atom stereocenters. The Hall–Kier alpha value is -1.81. The molecule has 1 aliphatic carbocycles. The fourth-order valence-electron chi connectivity index (χ4n) is 3.08. The second-order valence-electron chi connectivity index (χ2n) is 5.40. The molecule has 4 heteroatoms. The van der Waals surface area contributed by atoms with E-state index in [0.29, 0.717) is 17.6 Å². The fourth-order valence-corrected chi connectivity index (χ4v) is 3.08. The third-order valence-corrected chi connectivity index (χ3v) is 4.14. The molecule has 2 aromatic rings. The predicted octanol–water partition coefficient (Wildman–Crippen LogP) is 2.18. The zero-order valence-corrected chi connectivity index (χ0v) is 10.9. The molecule has 0 radical (unpaired) electrons. The maximum atomic E-state index is 11.6. The molecule has 0 spiro atoms. The molecule has 4 N–H and O–H groups in total. The van der Waals surface area contributed by atoms with Crippen molar-refractivity contribution in [2.75, 3.05) is 0 Å². The number of carbonyl (C=O) groups is 1. The standard InChI is InChI=1S/C15H19N3O/c16-10-5-7-11(8-6-10)18-9-13(15(17)19)12-3-1-2-4-14(12)18/h1-4,9-11H,5-8,16H2,(H2,17,19). The van der Waals surface area contributed by atoms with Gasteiger partial charge in [0, 0.05) is 29.2 Å². The van der Waals surface area contributed by atoms with Crippen molar-refractivity contribution in [3.8, 4) is 0 Å². The Morgan fingerprint density at radius 3 is 2.53 bits per heavy atom. The van der Waals surface area contributed by atoms with Crippen LogP contribution < -0.4 is 11.5 Å². The van der Waals surface area contributed by atoms with Crippen molar-refractivity contribution >= 4 is 16.8 Å². The average molecular weight is 257 g/mol. The van der Waals surface area contributed by atoms with Gasteiger partial charge in [0.05, 0.1) is 5.56 Å². The maximum Gasteiger partial charge on any atom is 0.250 e. The molecule has 4 nitrogen and oxygen atoms in total. The Labute approximate surface area is 112 Å². The van der Waals surface area contributed by atoms with Crippen molar-refractivity contribution < 1.29 is 4.79 Å². The lowest BCUT2D eigenvalue weighted by Crippen LogP contribution is -2.27. The number of fused-ring (bicyclic) bond motifs is 1. The number of primary amides is 1. The molecule has 1 aromatic carbocycles. The number of hydrogen-bond acceptors (Lipinski definition) is 2. The number of carbonyl (C=O) groups excluding carboxylic acids is 1. The minimum atomic E-state index is -0.359. The van der Waals surface area contributed by atoms with E-state index >= 15 is 0 Å². The van der Waals surface area contributed by atoms with Crippen molar-refractivity contribution in [2.24, 2.45) is 11.5 Å². The smallest absolute Gasteiger partial charge is 0.250 e. The number of para-hydroxylation sites is 1. The van der Waals surface area contributed by atoms with Gasteiger partial charge in [-0.1, -0.05) is 18.2 Å². The molecule has 0 saturated heterocycles. The molecule has 100 valence electrons. The number of benzene rings is 1. The van der Waals surface area contributed by atoms with Gasteiger partial charge in [0.1, 0.15) is 0 Å². The number of nitrogens with two attached hydrogens (primary N) is 2. The lowest BCUT2D eigenvalue weighted by atomic mass is 9.91. The van der Waals surface area contributed by atoms with Crippen LogP contribution in [0.25, 0.3) is 10.9 Å². The summed E-state index contributed by atoms with van der Waals surface area (Å²) in [6.07, 6.45) is 6.14. The number of nitrogens with zero attached hydrogens (tertiary/aromatic N) is 1. The van der Waals surface area contributed by atoms with Crippen molar-refractivity contribution in [3.05, 3.63) is 36.0 Å². The van der Waals surface area contributed by atoms with Gasteiger partial charge in [-0.2, -0.15) is 0 Å². The highest BCUT2D eigenvalue weighted by molar-refractivity contribution is 6.06. The van der Waals surface area contributed by atoms with Crippen LogP contribution in [0.1, 0.15) is 42.1 Å². The zero-order valence-electron chi connectivity index (χ0n) is 10.9. The van der Waals surface area contributed by atoms with Gasteiger partial charge in [-0.25, -0.2) is 0 Å². The molecular formula is C15H19N3O. The number of amides is 1. The van der Waals surface area contributed by atoms with E-state index in [1.54, 1.807) is 0 Å². The first kappa shape index (κ1) is 12.2. The molecule has 3 rings (SSSR count). The third-order valence-electron chi connectivity index (χ3n) is 4.14. The Morgan fingerprint density at radius 2 is 1.84 bits per heavy atom. The summed E-state index contributed by atoms with van der Waals surface area (Å²) >= 11 is 0. The maximum absolute atomic E-state index is 11.6. The molecule has 1 aromatic heterocycles.